The van der Waals surface area contributed by atoms with E-state index in [-0.39, 0.29) is 24.3 Å². The van der Waals surface area contributed by atoms with E-state index in [0.29, 0.717) is 24.9 Å². The van der Waals surface area contributed by atoms with Crippen LogP contribution < -0.4 is 16.4 Å². The van der Waals surface area contributed by atoms with Crippen LogP contribution in [-0.4, -0.2) is 46.9 Å². The largest absolute Gasteiger partial charge is 0.381 e. The highest BCUT2D eigenvalue weighted by Crippen LogP contribution is 2.19. The Bertz CT molecular complexity index is 591. The third-order valence-electron chi connectivity index (χ3n) is 5.00. The van der Waals surface area contributed by atoms with Gasteiger partial charge in [0.1, 0.15) is 6.54 Å². The van der Waals surface area contributed by atoms with Crippen molar-refractivity contribution < 1.29 is 14.3 Å². The molecule has 1 atom stereocenters. The van der Waals surface area contributed by atoms with E-state index in [0.717, 1.165) is 25.7 Å². The summed E-state index contributed by atoms with van der Waals surface area (Å²) in [5.41, 5.74) is 6.62. The molecule has 1 aliphatic carbocycles. The Balaban J connectivity index is 1.47. The number of amides is 2. The van der Waals surface area contributed by atoms with Crippen LogP contribution in [0, 0.1) is 5.92 Å². The molecule has 1 saturated heterocycles. The Morgan fingerprint density at radius 2 is 2.00 bits per heavy atom. The van der Waals surface area contributed by atoms with Gasteiger partial charge >= 0.3 is 0 Å². The van der Waals surface area contributed by atoms with Crippen molar-refractivity contribution in [3.05, 3.63) is 12.4 Å². The van der Waals surface area contributed by atoms with Crippen molar-refractivity contribution in [2.45, 2.75) is 57.2 Å². The van der Waals surface area contributed by atoms with Crippen molar-refractivity contribution >= 4 is 17.5 Å². The number of carbonyl (C=O) groups excluding carboxylic acids is 2. The van der Waals surface area contributed by atoms with Gasteiger partial charge in [0.25, 0.3) is 0 Å². The average molecular weight is 349 g/mol. The monoisotopic (exact) mass is 349 g/mol. The van der Waals surface area contributed by atoms with Crippen LogP contribution in [0.15, 0.2) is 12.4 Å². The lowest BCUT2D eigenvalue weighted by Crippen LogP contribution is -2.43. The van der Waals surface area contributed by atoms with Crippen molar-refractivity contribution in [3.63, 3.8) is 0 Å². The molecule has 3 rings (SSSR count). The number of anilines is 1. The molecule has 4 N–H and O–H groups in total. The van der Waals surface area contributed by atoms with Crippen LogP contribution in [-0.2, 0) is 20.9 Å². The van der Waals surface area contributed by atoms with Crippen LogP contribution in [0.2, 0.25) is 0 Å². The predicted octanol–water partition coefficient (Wildman–Crippen LogP) is 0.634. The van der Waals surface area contributed by atoms with Gasteiger partial charge in [0.15, 0.2) is 0 Å². The second kappa shape index (κ2) is 8.44. The highest BCUT2D eigenvalue weighted by molar-refractivity contribution is 5.94. The molecule has 0 spiro atoms. The summed E-state index contributed by atoms with van der Waals surface area (Å²) in [7, 11) is 0. The van der Waals surface area contributed by atoms with E-state index < -0.39 is 6.04 Å². The first-order valence-electron chi connectivity index (χ1n) is 9.08. The number of nitrogens with one attached hydrogen (secondary N) is 2. The van der Waals surface area contributed by atoms with Gasteiger partial charge < -0.3 is 21.1 Å². The minimum absolute atomic E-state index is 0.0493. The van der Waals surface area contributed by atoms with Crippen molar-refractivity contribution in [1.29, 1.82) is 0 Å². The molecule has 2 fully saturated rings. The topological polar surface area (TPSA) is 111 Å². The van der Waals surface area contributed by atoms with E-state index in [1.807, 2.05) is 0 Å². The summed E-state index contributed by atoms with van der Waals surface area (Å²) >= 11 is 0. The molecule has 8 heteroatoms. The zero-order valence-electron chi connectivity index (χ0n) is 14.4. The first-order chi connectivity index (χ1) is 12.1. The van der Waals surface area contributed by atoms with Gasteiger partial charge in [-0.1, -0.05) is 12.8 Å². The Kier molecular flexibility index (Phi) is 6.04. The molecule has 0 aromatic carbocycles. The van der Waals surface area contributed by atoms with Crippen molar-refractivity contribution in [2.75, 3.05) is 18.5 Å². The van der Waals surface area contributed by atoms with Gasteiger partial charge in [-0.05, 0) is 31.6 Å². The summed E-state index contributed by atoms with van der Waals surface area (Å²) in [6.45, 7) is 1.46. The number of carbonyl (C=O) groups is 2. The normalized spacial score (nSPS) is 20.4. The number of aromatic nitrogens is 2. The molecular formula is C17H27N5O3. The second-order valence-electron chi connectivity index (χ2n) is 6.94. The lowest BCUT2D eigenvalue weighted by Gasteiger charge is -2.26. The molecule has 1 unspecified atom stereocenters. The predicted molar refractivity (Wildman–Crippen MR) is 92.8 cm³/mol. The highest BCUT2D eigenvalue weighted by Gasteiger charge is 2.26. The van der Waals surface area contributed by atoms with Gasteiger partial charge in [-0.2, -0.15) is 5.10 Å². The number of hydrogen-bond acceptors (Lipinski definition) is 5. The molecule has 1 aromatic rings. The lowest BCUT2D eigenvalue weighted by atomic mass is 9.92. The molecule has 1 saturated carbocycles. The molecule has 25 heavy (non-hydrogen) atoms. The van der Waals surface area contributed by atoms with Gasteiger partial charge in [0.2, 0.25) is 11.8 Å². The Labute approximate surface area is 147 Å². The van der Waals surface area contributed by atoms with Gasteiger partial charge in [0, 0.05) is 25.5 Å². The SMILES string of the molecule is NC(C(=O)Nc1cnn(CC(=O)NC2CCCC2)c1)C1CCOCC1. The smallest absolute Gasteiger partial charge is 0.241 e. The van der Waals surface area contributed by atoms with Crippen molar-refractivity contribution in [2.24, 2.45) is 11.7 Å². The molecule has 0 bridgehead atoms. The quantitative estimate of drug-likeness (QED) is 0.698. The molecule has 8 nitrogen and oxygen atoms in total. The van der Waals surface area contributed by atoms with E-state index in [4.69, 9.17) is 10.5 Å². The fourth-order valence-corrected chi connectivity index (χ4v) is 3.52. The zero-order valence-corrected chi connectivity index (χ0v) is 14.4. The summed E-state index contributed by atoms with van der Waals surface area (Å²) in [5, 5.41) is 9.94. The number of hydrogen-bond donors (Lipinski definition) is 3. The van der Waals surface area contributed by atoms with E-state index in [1.165, 1.54) is 23.7 Å². The highest BCUT2D eigenvalue weighted by atomic mass is 16.5. The van der Waals surface area contributed by atoms with Crippen LogP contribution in [0.3, 0.4) is 0 Å². The summed E-state index contributed by atoms with van der Waals surface area (Å²) < 4.78 is 6.82. The summed E-state index contributed by atoms with van der Waals surface area (Å²) in [4.78, 5) is 24.3. The Morgan fingerprint density at radius 3 is 2.72 bits per heavy atom. The maximum absolute atomic E-state index is 12.3. The van der Waals surface area contributed by atoms with Crippen LogP contribution >= 0.6 is 0 Å². The molecule has 2 aliphatic rings. The molecule has 1 aromatic heterocycles. The zero-order chi connectivity index (χ0) is 17.6. The van der Waals surface area contributed by atoms with Crippen molar-refractivity contribution in [1.82, 2.24) is 15.1 Å². The standard InChI is InChI=1S/C17H27N5O3/c18-16(12-5-7-25-8-6-12)17(24)21-14-9-19-22(10-14)11-15(23)20-13-3-1-2-4-13/h9-10,12-13,16H,1-8,11,18H2,(H,20,23)(H,21,24). The summed E-state index contributed by atoms with van der Waals surface area (Å²) in [5.74, 6) is -0.130. The molecular weight excluding hydrogens is 322 g/mol. The van der Waals surface area contributed by atoms with Crippen molar-refractivity contribution in [3.8, 4) is 0 Å². The molecule has 2 heterocycles. The van der Waals surface area contributed by atoms with Crippen LogP contribution in [0.25, 0.3) is 0 Å². The number of nitrogens with zero attached hydrogens (tertiary/aromatic N) is 2. The molecule has 1 aliphatic heterocycles. The van der Waals surface area contributed by atoms with E-state index in [9.17, 15) is 9.59 Å². The number of rotatable bonds is 6. The number of nitrogens with two attached hydrogens (primary N) is 1. The minimum atomic E-state index is -0.557. The minimum Gasteiger partial charge on any atom is -0.381 e. The molecule has 2 amide bonds. The third kappa shape index (κ3) is 5.02. The van der Waals surface area contributed by atoms with E-state index >= 15 is 0 Å². The summed E-state index contributed by atoms with van der Waals surface area (Å²) in [6, 6.07) is -0.266. The molecule has 138 valence electrons. The fraction of sp³-hybridized carbons (Fsp3) is 0.706. The maximum atomic E-state index is 12.3. The average Bonchev–Trinajstić information content (AvgIpc) is 3.27. The van der Waals surface area contributed by atoms with Crippen LogP contribution in [0.4, 0.5) is 5.69 Å². The first kappa shape index (κ1) is 17.9. The van der Waals surface area contributed by atoms with Gasteiger partial charge in [0.05, 0.1) is 17.9 Å². The van der Waals surface area contributed by atoms with Gasteiger partial charge in [-0.15, -0.1) is 0 Å². The third-order valence-corrected chi connectivity index (χ3v) is 5.00. The summed E-state index contributed by atoms with van der Waals surface area (Å²) in [6.07, 6.45) is 9.25. The van der Waals surface area contributed by atoms with E-state index in [2.05, 4.69) is 15.7 Å². The van der Waals surface area contributed by atoms with Gasteiger partial charge in [-0.3, -0.25) is 14.3 Å². The van der Waals surface area contributed by atoms with Crippen LogP contribution in [0.1, 0.15) is 38.5 Å². The van der Waals surface area contributed by atoms with E-state index in [1.54, 1.807) is 6.20 Å². The van der Waals surface area contributed by atoms with Gasteiger partial charge in [-0.25, -0.2) is 0 Å². The first-order valence-corrected chi connectivity index (χ1v) is 9.08. The lowest BCUT2D eigenvalue weighted by molar-refractivity contribution is -0.122. The Hall–Kier alpha value is -1.93. The Morgan fingerprint density at radius 1 is 1.28 bits per heavy atom. The van der Waals surface area contributed by atoms with Crippen LogP contribution in [0.5, 0.6) is 0 Å². The second-order valence-corrected chi connectivity index (χ2v) is 6.94. The number of ether oxygens (including phenoxy) is 1. The molecule has 0 radical (unpaired) electrons. The maximum Gasteiger partial charge on any atom is 0.241 e. The fourth-order valence-electron chi connectivity index (χ4n) is 3.52.